The summed E-state index contributed by atoms with van der Waals surface area (Å²) in [5.41, 5.74) is 2.37. The highest BCUT2D eigenvalue weighted by atomic mass is 32.1. The van der Waals surface area contributed by atoms with Gasteiger partial charge in [-0.25, -0.2) is 0 Å². The number of H-pyrrole nitrogens is 1. The third-order valence-electron chi connectivity index (χ3n) is 2.50. The third kappa shape index (κ3) is 2.46. The van der Waals surface area contributed by atoms with Crippen molar-refractivity contribution in [1.82, 2.24) is 15.5 Å². The van der Waals surface area contributed by atoms with Crippen LogP contribution in [0.5, 0.6) is 0 Å². The number of thiophene rings is 1. The number of nitrogens with zero attached hydrogens (tertiary/aromatic N) is 1. The van der Waals surface area contributed by atoms with Gasteiger partial charge in [-0.05, 0) is 25.3 Å². The molecule has 2 rings (SSSR count). The average Bonchev–Trinajstić information content (AvgIpc) is 2.85. The first kappa shape index (κ1) is 10.4. The van der Waals surface area contributed by atoms with Crippen LogP contribution in [-0.2, 0) is 6.54 Å². The minimum atomic E-state index is 0.402. The number of hydrogen-bond acceptors (Lipinski definition) is 3. The van der Waals surface area contributed by atoms with Crippen molar-refractivity contribution in [3.63, 3.8) is 0 Å². The zero-order valence-corrected chi connectivity index (χ0v) is 9.77. The summed E-state index contributed by atoms with van der Waals surface area (Å²) in [6.45, 7) is 5.09. The molecule has 0 amide bonds. The van der Waals surface area contributed by atoms with Gasteiger partial charge in [0, 0.05) is 28.7 Å². The van der Waals surface area contributed by atoms with E-state index in [0.717, 1.165) is 12.2 Å². The van der Waals surface area contributed by atoms with Gasteiger partial charge >= 0.3 is 0 Å². The van der Waals surface area contributed by atoms with Crippen molar-refractivity contribution in [3.05, 3.63) is 39.8 Å². The summed E-state index contributed by atoms with van der Waals surface area (Å²) < 4.78 is 0. The summed E-state index contributed by atoms with van der Waals surface area (Å²) in [5, 5.41) is 12.5. The van der Waals surface area contributed by atoms with Crippen molar-refractivity contribution in [2.24, 2.45) is 0 Å². The molecule has 0 aliphatic rings. The monoisotopic (exact) mass is 221 g/mol. The van der Waals surface area contributed by atoms with E-state index in [1.807, 2.05) is 13.1 Å². The van der Waals surface area contributed by atoms with Crippen LogP contribution in [0.25, 0.3) is 0 Å². The molecule has 0 radical (unpaired) electrons. The molecule has 0 aliphatic carbocycles. The number of aromatic nitrogens is 2. The van der Waals surface area contributed by atoms with E-state index in [1.54, 1.807) is 11.3 Å². The van der Waals surface area contributed by atoms with Crippen molar-refractivity contribution < 1.29 is 0 Å². The molecule has 0 saturated heterocycles. The zero-order valence-electron chi connectivity index (χ0n) is 8.95. The summed E-state index contributed by atoms with van der Waals surface area (Å²) in [4.78, 5) is 1.37. The van der Waals surface area contributed by atoms with Crippen LogP contribution in [0.1, 0.15) is 29.1 Å². The molecule has 1 atom stereocenters. The minimum Gasteiger partial charge on any atom is -0.305 e. The molecule has 0 aliphatic heterocycles. The molecule has 0 unspecified atom stereocenters. The number of hydrogen-bond donors (Lipinski definition) is 2. The van der Waals surface area contributed by atoms with Crippen LogP contribution in [0.3, 0.4) is 0 Å². The van der Waals surface area contributed by atoms with Gasteiger partial charge in [0.15, 0.2) is 0 Å². The zero-order chi connectivity index (χ0) is 10.7. The SMILES string of the molecule is Cc1[nH]ncc1CN[C@H](C)c1cccs1. The van der Waals surface area contributed by atoms with Crippen LogP contribution in [0.2, 0.25) is 0 Å². The van der Waals surface area contributed by atoms with Crippen molar-refractivity contribution in [2.45, 2.75) is 26.4 Å². The molecule has 0 spiro atoms. The number of rotatable bonds is 4. The summed E-state index contributed by atoms with van der Waals surface area (Å²) in [7, 11) is 0. The fourth-order valence-corrected chi connectivity index (χ4v) is 2.21. The van der Waals surface area contributed by atoms with Crippen LogP contribution < -0.4 is 5.32 Å². The van der Waals surface area contributed by atoms with Gasteiger partial charge in [0.2, 0.25) is 0 Å². The topological polar surface area (TPSA) is 40.7 Å². The Kier molecular flexibility index (Phi) is 3.18. The van der Waals surface area contributed by atoms with E-state index in [-0.39, 0.29) is 0 Å². The second-order valence-electron chi connectivity index (χ2n) is 3.64. The first-order chi connectivity index (χ1) is 7.27. The standard InChI is InChI=1S/C11H15N3S/c1-8-10(7-13-14-8)6-12-9(2)11-4-3-5-15-11/h3-5,7,9,12H,6H2,1-2H3,(H,13,14)/t9-/m1/s1. The quantitative estimate of drug-likeness (QED) is 0.833. The van der Waals surface area contributed by atoms with E-state index < -0.39 is 0 Å². The number of aromatic amines is 1. The first-order valence-corrected chi connectivity index (χ1v) is 5.91. The van der Waals surface area contributed by atoms with Crippen molar-refractivity contribution >= 4 is 11.3 Å². The predicted molar refractivity (Wildman–Crippen MR) is 62.9 cm³/mol. The lowest BCUT2D eigenvalue weighted by Gasteiger charge is -2.11. The van der Waals surface area contributed by atoms with E-state index in [2.05, 4.69) is 40.0 Å². The summed E-state index contributed by atoms with van der Waals surface area (Å²) >= 11 is 1.79. The van der Waals surface area contributed by atoms with Crippen molar-refractivity contribution in [1.29, 1.82) is 0 Å². The maximum atomic E-state index is 4.00. The van der Waals surface area contributed by atoms with Crippen LogP contribution in [-0.4, -0.2) is 10.2 Å². The Morgan fingerprint density at radius 2 is 2.47 bits per heavy atom. The Balaban J connectivity index is 1.91. The molecule has 0 bridgehead atoms. The Morgan fingerprint density at radius 3 is 3.07 bits per heavy atom. The maximum absolute atomic E-state index is 4.00. The van der Waals surface area contributed by atoms with Crippen molar-refractivity contribution in [2.75, 3.05) is 0 Å². The molecule has 2 heterocycles. The number of aryl methyl sites for hydroxylation is 1. The molecule has 0 fully saturated rings. The van der Waals surface area contributed by atoms with Gasteiger partial charge in [-0.1, -0.05) is 6.07 Å². The molecule has 2 aromatic rings. The van der Waals surface area contributed by atoms with Crippen LogP contribution in [0.15, 0.2) is 23.7 Å². The molecule has 2 aromatic heterocycles. The van der Waals surface area contributed by atoms with Crippen molar-refractivity contribution in [3.8, 4) is 0 Å². The van der Waals surface area contributed by atoms with Gasteiger partial charge in [-0.2, -0.15) is 5.10 Å². The predicted octanol–water partition coefficient (Wildman–Crippen LogP) is 2.63. The molecule has 0 saturated carbocycles. The van der Waals surface area contributed by atoms with Crippen LogP contribution in [0, 0.1) is 6.92 Å². The molecule has 0 aromatic carbocycles. The van der Waals surface area contributed by atoms with Gasteiger partial charge in [-0.3, -0.25) is 5.10 Å². The van der Waals surface area contributed by atoms with E-state index in [9.17, 15) is 0 Å². The Morgan fingerprint density at radius 1 is 1.60 bits per heavy atom. The number of nitrogens with one attached hydrogen (secondary N) is 2. The fourth-order valence-electron chi connectivity index (χ4n) is 1.46. The molecule has 3 nitrogen and oxygen atoms in total. The second-order valence-corrected chi connectivity index (χ2v) is 4.62. The lowest BCUT2D eigenvalue weighted by Crippen LogP contribution is -2.17. The first-order valence-electron chi connectivity index (χ1n) is 5.03. The summed E-state index contributed by atoms with van der Waals surface area (Å²) in [5.74, 6) is 0. The highest BCUT2D eigenvalue weighted by molar-refractivity contribution is 7.10. The van der Waals surface area contributed by atoms with Gasteiger partial charge in [0.05, 0.1) is 6.20 Å². The largest absolute Gasteiger partial charge is 0.305 e. The van der Waals surface area contributed by atoms with Gasteiger partial charge in [-0.15, -0.1) is 11.3 Å². The molecular formula is C11H15N3S. The average molecular weight is 221 g/mol. The highest BCUT2D eigenvalue weighted by Crippen LogP contribution is 2.18. The maximum Gasteiger partial charge on any atom is 0.0535 e. The molecule has 15 heavy (non-hydrogen) atoms. The minimum absolute atomic E-state index is 0.402. The molecule has 2 N–H and O–H groups in total. The van der Waals surface area contributed by atoms with Crippen LogP contribution in [0.4, 0.5) is 0 Å². The van der Waals surface area contributed by atoms with E-state index in [4.69, 9.17) is 0 Å². The molecule has 80 valence electrons. The van der Waals surface area contributed by atoms with Gasteiger partial charge in [0.25, 0.3) is 0 Å². The summed E-state index contributed by atoms with van der Waals surface area (Å²) in [6, 6.07) is 4.64. The van der Waals surface area contributed by atoms with E-state index in [0.29, 0.717) is 6.04 Å². The normalized spacial score (nSPS) is 12.9. The fraction of sp³-hybridized carbons (Fsp3) is 0.364. The summed E-state index contributed by atoms with van der Waals surface area (Å²) in [6.07, 6.45) is 1.88. The highest BCUT2D eigenvalue weighted by Gasteiger charge is 2.06. The smallest absolute Gasteiger partial charge is 0.0535 e. The van der Waals surface area contributed by atoms with Crippen LogP contribution >= 0.6 is 11.3 Å². The second kappa shape index (κ2) is 4.59. The van der Waals surface area contributed by atoms with Gasteiger partial charge in [0.1, 0.15) is 0 Å². The molecular weight excluding hydrogens is 206 g/mol. The van der Waals surface area contributed by atoms with E-state index >= 15 is 0 Å². The lowest BCUT2D eigenvalue weighted by atomic mass is 10.2. The molecule has 4 heteroatoms. The third-order valence-corrected chi connectivity index (χ3v) is 3.56. The Bertz CT molecular complexity index is 405. The Hall–Kier alpha value is -1.13. The van der Waals surface area contributed by atoms with Gasteiger partial charge < -0.3 is 5.32 Å². The lowest BCUT2D eigenvalue weighted by molar-refractivity contribution is 0.581. The Labute approximate surface area is 93.5 Å². The van der Waals surface area contributed by atoms with E-state index in [1.165, 1.54) is 10.4 Å².